The number of rotatable bonds is 14. The summed E-state index contributed by atoms with van der Waals surface area (Å²) in [7, 11) is -5.49. The predicted molar refractivity (Wildman–Crippen MR) is 129 cm³/mol. The van der Waals surface area contributed by atoms with E-state index in [1.807, 2.05) is 0 Å². The molecule has 2 atom stereocenters. The van der Waals surface area contributed by atoms with Gasteiger partial charge >= 0.3 is 0 Å². The molecule has 0 spiro atoms. The van der Waals surface area contributed by atoms with Crippen molar-refractivity contribution in [3.8, 4) is 0 Å². The molecule has 7 heteroatoms. The number of hydrogen-bond donors (Lipinski definition) is 2. The number of nitrogens with two attached hydrogens (primary N) is 2. The zero-order valence-corrected chi connectivity index (χ0v) is 23.1. The zero-order chi connectivity index (χ0) is 21.6. The summed E-state index contributed by atoms with van der Waals surface area (Å²) >= 11 is 0. The molecule has 0 fully saturated rings. The first-order chi connectivity index (χ1) is 12.2. The Hall–Kier alpha value is 0.491. The lowest BCUT2D eigenvalue weighted by Gasteiger charge is -2.53. The molecule has 0 aromatic carbocycles. The van der Waals surface area contributed by atoms with Gasteiger partial charge in [-0.2, -0.15) is 0 Å². The van der Waals surface area contributed by atoms with Crippen LogP contribution < -0.4 is 11.5 Å². The molecule has 1 unspecified atom stereocenters. The van der Waals surface area contributed by atoms with Gasteiger partial charge in [0.15, 0.2) is 8.32 Å². The minimum Gasteiger partial charge on any atom is -0.412 e. The molecule has 0 amide bonds. The Morgan fingerprint density at radius 1 is 0.704 bits per heavy atom. The average Bonchev–Trinajstić information content (AvgIpc) is 2.56. The van der Waals surface area contributed by atoms with Crippen molar-refractivity contribution in [2.24, 2.45) is 11.5 Å². The summed E-state index contributed by atoms with van der Waals surface area (Å²) < 4.78 is 14.1. The smallest absolute Gasteiger partial charge is 0.216 e. The van der Waals surface area contributed by atoms with Crippen LogP contribution >= 0.6 is 0 Å². The van der Waals surface area contributed by atoms with E-state index in [1.165, 1.54) is 6.04 Å². The van der Waals surface area contributed by atoms with E-state index >= 15 is 0 Å². The summed E-state index contributed by atoms with van der Waals surface area (Å²) in [5.41, 5.74) is 11.6. The van der Waals surface area contributed by atoms with Crippen LogP contribution in [0.15, 0.2) is 0 Å². The quantitative estimate of drug-likeness (QED) is 0.366. The van der Waals surface area contributed by atoms with Gasteiger partial charge in [-0.3, -0.25) is 0 Å². The minimum atomic E-state index is -2.13. The van der Waals surface area contributed by atoms with E-state index in [0.29, 0.717) is 0 Å². The Kier molecular flexibility index (Phi) is 10.7. The molecule has 4 nitrogen and oxygen atoms in total. The fraction of sp³-hybridized carbons (Fsp3) is 1.00. The molecule has 0 saturated carbocycles. The summed E-state index contributed by atoms with van der Waals surface area (Å²) in [5, 5.41) is -0.216. The molecule has 0 aliphatic carbocycles. The van der Waals surface area contributed by atoms with Gasteiger partial charge in [0, 0.05) is 5.22 Å². The van der Waals surface area contributed by atoms with Crippen LogP contribution in [0.4, 0.5) is 0 Å². The molecule has 0 saturated heterocycles. The molecule has 0 aliphatic heterocycles. The van der Waals surface area contributed by atoms with E-state index in [0.717, 1.165) is 44.8 Å². The van der Waals surface area contributed by atoms with Crippen LogP contribution in [0.1, 0.15) is 53.4 Å². The molecule has 0 aliphatic rings. The van der Waals surface area contributed by atoms with Crippen molar-refractivity contribution >= 4 is 24.7 Å². The lowest BCUT2D eigenvalue weighted by Crippen LogP contribution is -2.66. The van der Waals surface area contributed by atoms with Crippen molar-refractivity contribution in [1.82, 2.24) is 0 Å². The van der Waals surface area contributed by atoms with Crippen LogP contribution in [0.3, 0.4) is 0 Å². The second-order valence-corrected chi connectivity index (χ2v) is 24.1. The topological polar surface area (TPSA) is 70.5 Å². The number of hydrogen-bond acceptors (Lipinski definition) is 4. The highest BCUT2D eigenvalue weighted by Crippen LogP contribution is 2.41. The Balaban J connectivity index is 5.63. The van der Waals surface area contributed by atoms with E-state index in [4.69, 9.17) is 20.3 Å². The molecule has 0 bridgehead atoms. The molecular weight excluding hydrogens is 384 g/mol. The molecule has 0 heterocycles. The van der Waals surface area contributed by atoms with Gasteiger partial charge in [0.1, 0.15) is 0 Å². The second-order valence-electron chi connectivity index (χ2n) is 10.3. The molecule has 0 aromatic heterocycles. The highest BCUT2D eigenvalue weighted by atomic mass is 28.4. The van der Waals surface area contributed by atoms with E-state index < -0.39 is 24.7 Å². The van der Waals surface area contributed by atoms with E-state index in [2.05, 4.69) is 67.0 Å². The second kappa shape index (κ2) is 10.5. The minimum absolute atomic E-state index is 0.0410. The predicted octanol–water partition coefficient (Wildman–Crippen LogP) is 5.25. The van der Waals surface area contributed by atoms with Crippen molar-refractivity contribution in [2.45, 2.75) is 115 Å². The van der Waals surface area contributed by atoms with Gasteiger partial charge < -0.3 is 20.3 Å². The van der Waals surface area contributed by atoms with Crippen LogP contribution in [0.5, 0.6) is 0 Å². The van der Waals surface area contributed by atoms with Gasteiger partial charge in [0.2, 0.25) is 8.32 Å². The van der Waals surface area contributed by atoms with E-state index in [9.17, 15) is 0 Å². The van der Waals surface area contributed by atoms with Crippen molar-refractivity contribution < 1.29 is 8.85 Å². The Bertz CT molecular complexity index is 447. The third-order valence-corrected chi connectivity index (χ3v) is 18.9. The summed E-state index contributed by atoms with van der Waals surface area (Å²) in [4.78, 5) is 0. The zero-order valence-electron chi connectivity index (χ0n) is 20.1. The summed E-state index contributed by atoms with van der Waals surface area (Å²) in [5.74, 6) is 0. The third kappa shape index (κ3) is 7.35. The fourth-order valence-corrected chi connectivity index (χ4v) is 15.1. The van der Waals surface area contributed by atoms with Crippen LogP contribution in [0.2, 0.25) is 51.4 Å². The van der Waals surface area contributed by atoms with E-state index in [-0.39, 0.29) is 10.4 Å². The SMILES string of the molecule is CCC(C)(O[Si](C)(C)[C@](C)(CC)O[Si](C)(C)CCCN)[Si](C)(C)CCCN. The molecule has 4 N–H and O–H groups in total. The van der Waals surface area contributed by atoms with Gasteiger partial charge in [-0.15, -0.1) is 0 Å². The van der Waals surface area contributed by atoms with Gasteiger partial charge in [-0.05, 0) is 84.9 Å². The van der Waals surface area contributed by atoms with Crippen LogP contribution in [0.25, 0.3) is 0 Å². The Labute approximate surface area is 173 Å². The highest BCUT2D eigenvalue weighted by Gasteiger charge is 2.53. The molecule has 0 rings (SSSR count). The lowest BCUT2D eigenvalue weighted by atomic mass is 10.3. The van der Waals surface area contributed by atoms with Crippen molar-refractivity contribution in [3.63, 3.8) is 0 Å². The maximum atomic E-state index is 7.18. The average molecular weight is 435 g/mol. The Morgan fingerprint density at radius 2 is 1.15 bits per heavy atom. The van der Waals surface area contributed by atoms with Crippen molar-refractivity contribution in [1.29, 1.82) is 0 Å². The molecule has 164 valence electrons. The van der Waals surface area contributed by atoms with Gasteiger partial charge in [-0.1, -0.05) is 33.0 Å². The Morgan fingerprint density at radius 3 is 1.56 bits per heavy atom. The molecule has 0 aromatic rings. The highest BCUT2D eigenvalue weighted by molar-refractivity contribution is 6.82. The van der Waals surface area contributed by atoms with Crippen molar-refractivity contribution in [3.05, 3.63) is 0 Å². The summed E-state index contributed by atoms with van der Waals surface area (Å²) in [6.45, 7) is 25.1. The van der Waals surface area contributed by atoms with E-state index in [1.54, 1.807) is 0 Å². The van der Waals surface area contributed by atoms with Gasteiger partial charge in [0.25, 0.3) is 0 Å². The first-order valence-electron chi connectivity index (χ1n) is 11.0. The van der Waals surface area contributed by atoms with Crippen LogP contribution in [-0.2, 0) is 8.85 Å². The summed E-state index contributed by atoms with van der Waals surface area (Å²) in [6.07, 6.45) is 4.20. The maximum absolute atomic E-state index is 7.18. The first kappa shape index (κ1) is 27.5. The maximum Gasteiger partial charge on any atom is 0.216 e. The largest absolute Gasteiger partial charge is 0.412 e. The monoisotopic (exact) mass is 434 g/mol. The first-order valence-corrected chi connectivity index (χ1v) is 20.2. The van der Waals surface area contributed by atoms with Gasteiger partial charge in [-0.25, -0.2) is 0 Å². The molecule has 27 heavy (non-hydrogen) atoms. The van der Waals surface area contributed by atoms with Crippen LogP contribution in [-0.4, -0.2) is 48.2 Å². The normalized spacial score (nSPS) is 18.2. The molecular formula is C20H50N2O2Si3. The molecule has 0 radical (unpaired) electrons. The van der Waals surface area contributed by atoms with Crippen molar-refractivity contribution in [2.75, 3.05) is 13.1 Å². The fourth-order valence-electron chi connectivity index (χ4n) is 3.98. The lowest BCUT2D eigenvalue weighted by molar-refractivity contribution is 0.0751. The van der Waals surface area contributed by atoms with Crippen LogP contribution in [0, 0.1) is 0 Å². The summed E-state index contributed by atoms with van der Waals surface area (Å²) in [6, 6.07) is 2.34. The standard InChI is InChI=1S/C20H50N2O2Si3/c1-11-19(3,25(5,6)17-13-15-21)24-27(9,10)20(4,12-2)23-26(7,8)18-14-16-22/h11-18,21-22H2,1-10H3/t19?,20-/m1/s1. The van der Waals surface area contributed by atoms with Gasteiger partial charge in [0.05, 0.1) is 13.3 Å². The third-order valence-electron chi connectivity index (χ3n) is 7.03.